The number of amides is 1. The van der Waals surface area contributed by atoms with Gasteiger partial charge in [0, 0.05) is 30.2 Å². The topological polar surface area (TPSA) is 60.3 Å². The molecule has 1 heterocycles. The van der Waals surface area contributed by atoms with Gasteiger partial charge in [0.1, 0.15) is 0 Å². The van der Waals surface area contributed by atoms with Gasteiger partial charge < -0.3 is 14.6 Å². The summed E-state index contributed by atoms with van der Waals surface area (Å²) in [5, 5.41) is 3.88. The van der Waals surface area contributed by atoms with Crippen LogP contribution in [0.2, 0.25) is 0 Å². The average molecular weight is 342 g/mol. The van der Waals surface area contributed by atoms with Gasteiger partial charge in [-0.05, 0) is 25.8 Å². The lowest BCUT2D eigenvalue weighted by molar-refractivity contribution is -0.129. The summed E-state index contributed by atoms with van der Waals surface area (Å²) in [5.41, 5.74) is 1.46. The van der Waals surface area contributed by atoms with Gasteiger partial charge in [0.15, 0.2) is 6.10 Å². The van der Waals surface area contributed by atoms with Crippen molar-refractivity contribution in [1.82, 2.24) is 9.88 Å². The lowest BCUT2D eigenvalue weighted by Crippen LogP contribution is -2.41. The number of aromatic nitrogens is 1. The first-order valence-electron chi connectivity index (χ1n) is 9.11. The molecule has 5 heteroatoms. The minimum absolute atomic E-state index is 0.203. The molecule has 3 rings (SSSR count). The summed E-state index contributed by atoms with van der Waals surface area (Å²) in [6.07, 6.45) is 7.74. The van der Waals surface area contributed by atoms with Gasteiger partial charge in [-0.2, -0.15) is 0 Å². The van der Waals surface area contributed by atoms with E-state index in [9.17, 15) is 9.59 Å². The van der Waals surface area contributed by atoms with Gasteiger partial charge >= 0.3 is 5.97 Å². The third kappa shape index (κ3) is 4.03. The Balaban J connectivity index is 1.64. The van der Waals surface area contributed by atoms with Crippen molar-refractivity contribution in [3.63, 3.8) is 0 Å². The molecule has 0 spiro atoms. The number of aryl methyl sites for hydroxylation is 1. The molecule has 0 saturated heterocycles. The predicted octanol–water partition coefficient (Wildman–Crippen LogP) is 3.56. The van der Waals surface area contributed by atoms with Gasteiger partial charge in [0.05, 0.1) is 5.56 Å². The van der Waals surface area contributed by atoms with Crippen molar-refractivity contribution in [2.24, 2.45) is 7.05 Å². The van der Waals surface area contributed by atoms with Gasteiger partial charge in [-0.25, -0.2) is 4.79 Å². The Bertz CT molecular complexity index is 757. The summed E-state index contributed by atoms with van der Waals surface area (Å²) < 4.78 is 7.32. The maximum Gasteiger partial charge on any atom is 0.341 e. The van der Waals surface area contributed by atoms with Crippen LogP contribution < -0.4 is 5.32 Å². The third-order valence-electron chi connectivity index (χ3n) is 4.97. The molecule has 25 heavy (non-hydrogen) atoms. The van der Waals surface area contributed by atoms with Crippen LogP contribution in [0, 0.1) is 0 Å². The molecule has 1 atom stereocenters. The Morgan fingerprint density at radius 1 is 1.16 bits per heavy atom. The lowest BCUT2D eigenvalue weighted by Gasteiger charge is -2.19. The van der Waals surface area contributed by atoms with E-state index in [4.69, 9.17) is 4.74 Å². The maximum absolute atomic E-state index is 12.5. The largest absolute Gasteiger partial charge is 0.449 e. The molecule has 2 aromatic rings. The highest BCUT2D eigenvalue weighted by Crippen LogP contribution is 2.22. The predicted molar refractivity (Wildman–Crippen MR) is 97.4 cm³/mol. The van der Waals surface area contributed by atoms with Crippen LogP contribution in [0.15, 0.2) is 30.5 Å². The monoisotopic (exact) mass is 342 g/mol. The number of hydrogen-bond acceptors (Lipinski definition) is 3. The molecule has 5 nitrogen and oxygen atoms in total. The van der Waals surface area contributed by atoms with Crippen LogP contribution in [0.4, 0.5) is 0 Å². The van der Waals surface area contributed by atoms with Crippen LogP contribution in [0.1, 0.15) is 55.8 Å². The SMILES string of the molecule is C[C@H](OC(=O)c1cn(C)c2ccccc12)C(=O)NC1CCCCCC1. The average Bonchev–Trinajstić information content (AvgIpc) is 2.77. The van der Waals surface area contributed by atoms with Gasteiger partial charge in [-0.15, -0.1) is 0 Å². The van der Waals surface area contributed by atoms with E-state index in [0.717, 1.165) is 36.6 Å². The van der Waals surface area contributed by atoms with Gasteiger partial charge in [0.25, 0.3) is 5.91 Å². The number of hydrogen-bond donors (Lipinski definition) is 1. The number of benzene rings is 1. The summed E-state index contributed by atoms with van der Waals surface area (Å²) in [6, 6.07) is 7.87. The Labute approximate surface area is 148 Å². The van der Waals surface area contributed by atoms with Crippen LogP contribution >= 0.6 is 0 Å². The van der Waals surface area contributed by atoms with Gasteiger partial charge in [-0.1, -0.05) is 43.9 Å². The van der Waals surface area contributed by atoms with E-state index in [0.29, 0.717) is 5.56 Å². The second-order valence-electron chi connectivity index (χ2n) is 6.92. The van der Waals surface area contributed by atoms with E-state index in [2.05, 4.69) is 5.32 Å². The molecule has 0 bridgehead atoms. The van der Waals surface area contributed by atoms with Crippen molar-refractivity contribution in [2.75, 3.05) is 0 Å². The van der Waals surface area contributed by atoms with Crippen molar-refractivity contribution < 1.29 is 14.3 Å². The molecule has 1 aliphatic rings. The zero-order chi connectivity index (χ0) is 17.8. The minimum atomic E-state index is -0.797. The fraction of sp³-hybridized carbons (Fsp3) is 0.500. The summed E-state index contributed by atoms with van der Waals surface area (Å²) in [5.74, 6) is -0.666. The van der Waals surface area contributed by atoms with Crippen LogP contribution in [-0.2, 0) is 16.6 Å². The second kappa shape index (κ2) is 7.72. The van der Waals surface area contributed by atoms with Crippen LogP contribution in [0.3, 0.4) is 0 Å². The zero-order valence-corrected chi connectivity index (χ0v) is 15.0. The Kier molecular flexibility index (Phi) is 5.41. The molecule has 0 unspecified atom stereocenters. The molecular weight excluding hydrogens is 316 g/mol. The number of carbonyl (C=O) groups excluding carboxylic acids is 2. The van der Waals surface area contributed by atoms with Crippen LogP contribution in [-0.4, -0.2) is 28.6 Å². The zero-order valence-electron chi connectivity index (χ0n) is 15.0. The number of nitrogens with one attached hydrogen (secondary N) is 1. The number of nitrogens with zero attached hydrogens (tertiary/aromatic N) is 1. The van der Waals surface area contributed by atoms with Crippen molar-refractivity contribution in [3.8, 4) is 0 Å². The van der Waals surface area contributed by atoms with E-state index in [1.54, 1.807) is 13.1 Å². The summed E-state index contributed by atoms with van der Waals surface area (Å²) >= 11 is 0. The third-order valence-corrected chi connectivity index (χ3v) is 4.97. The number of ether oxygens (including phenoxy) is 1. The molecule has 1 N–H and O–H groups in total. The summed E-state index contributed by atoms with van der Waals surface area (Å²) in [7, 11) is 1.89. The number of carbonyl (C=O) groups is 2. The highest BCUT2D eigenvalue weighted by molar-refractivity contribution is 6.05. The maximum atomic E-state index is 12.5. The van der Waals surface area contributed by atoms with Crippen LogP contribution in [0.25, 0.3) is 10.9 Å². The second-order valence-corrected chi connectivity index (χ2v) is 6.92. The molecule has 0 radical (unpaired) electrons. The van der Waals surface area contributed by atoms with E-state index in [1.165, 1.54) is 12.8 Å². The van der Waals surface area contributed by atoms with Crippen molar-refractivity contribution >= 4 is 22.8 Å². The van der Waals surface area contributed by atoms with Gasteiger partial charge in [-0.3, -0.25) is 4.79 Å². The molecule has 1 amide bonds. The van der Waals surface area contributed by atoms with E-state index in [1.807, 2.05) is 35.9 Å². The van der Waals surface area contributed by atoms with Crippen molar-refractivity contribution in [2.45, 2.75) is 57.6 Å². The number of esters is 1. The standard InChI is InChI=1S/C20H26N2O3/c1-14(19(23)21-15-9-5-3-4-6-10-15)25-20(24)17-13-22(2)18-12-8-7-11-16(17)18/h7-8,11-15H,3-6,9-10H2,1-2H3,(H,21,23)/t14-/m0/s1. The summed E-state index contributed by atoms with van der Waals surface area (Å²) in [6.45, 7) is 1.63. The quantitative estimate of drug-likeness (QED) is 0.683. The molecule has 134 valence electrons. The molecule has 1 aliphatic carbocycles. The normalized spacial score (nSPS) is 17.0. The van der Waals surface area contributed by atoms with E-state index < -0.39 is 12.1 Å². The molecule has 1 aromatic carbocycles. The minimum Gasteiger partial charge on any atom is -0.449 e. The van der Waals surface area contributed by atoms with Crippen molar-refractivity contribution in [3.05, 3.63) is 36.0 Å². The van der Waals surface area contributed by atoms with E-state index >= 15 is 0 Å². The lowest BCUT2D eigenvalue weighted by atomic mass is 10.1. The number of rotatable bonds is 4. The highest BCUT2D eigenvalue weighted by atomic mass is 16.5. The van der Waals surface area contributed by atoms with Crippen LogP contribution in [0.5, 0.6) is 0 Å². The highest BCUT2D eigenvalue weighted by Gasteiger charge is 2.24. The van der Waals surface area contributed by atoms with E-state index in [-0.39, 0.29) is 11.9 Å². The Hall–Kier alpha value is -2.30. The molecule has 1 aromatic heterocycles. The Morgan fingerprint density at radius 2 is 1.84 bits per heavy atom. The van der Waals surface area contributed by atoms with Gasteiger partial charge in [0.2, 0.25) is 0 Å². The smallest absolute Gasteiger partial charge is 0.341 e. The first-order chi connectivity index (χ1) is 12.1. The fourth-order valence-corrected chi connectivity index (χ4v) is 3.52. The number of para-hydroxylation sites is 1. The first kappa shape index (κ1) is 17.5. The first-order valence-corrected chi connectivity index (χ1v) is 9.11. The molecular formula is C20H26N2O3. The fourth-order valence-electron chi connectivity index (χ4n) is 3.52. The van der Waals surface area contributed by atoms with Crippen molar-refractivity contribution in [1.29, 1.82) is 0 Å². The molecule has 1 fully saturated rings. The molecule has 1 saturated carbocycles. The molecule has 0 aliphatic heterocycles. The Morgan fingerprint density at radius 3 is 2.56 bits per heavy atom. The summed E-state index contributed by atoms with van der Waals surface area (Å²) in [4.78, 5) is 24.9. The number of fused-ring (bicyclic) bond motifs is 1.